The van der Waals surface area contributed by atoms with E-state index in [1.807, 2.05) is 30.3 Å². The molecule has 3 rings (SSSR count). The van der Waals surface area contributed by atoms with Crippen LogP contribution in [0.5, 0.6) is 0 Å². The van der Waals surface area contributed by atoms with Crippen LogP contribution in [0.2, 0.25) is 0 Å². The second-order valence-electron chi connectivity index (χ2n) is 4.77. The first-order chi connectivity index (χ1) is 8.67. The van der Waals surface area contributed by atoms with E-state index in [1.54, 1.807) is 12.1 Å². The van der Waals surface area contributed by atoms with Crippen LogP contribution in [0.15, 0.2) is 47.4 Å². The second-order valence-corrected chi connectivity index (χ2v) is 6.51. The van der Waals surface area contributed by atoms with Crippen molar-refractivity contribution < 1.29 is 8.42 Å². The van der Waals surface area contributed by atoms with Gasteiger partial charge in [-0.3, -0.25) is 0 Å². The molecule has 0 heterocycles. The molecule has 3 nitrogen and oxygen atoms in total. The lowest BCUT2D eigenvalue weighted by atomic mass is 10.1. The normalized spacial score (nSPS) is 16.0. The van der Waals surface area contributed by atoms with Crippen molar-refractivity contribution in [3.8, 4) is 0 Å². The molecule has 0 atom stereocenters. The van der Waals surface area contributed by atoms with Crippen molar-refractivity contribution in [1.29, 1.82) is 0 Å². The van der Waals surface area contributed by atoms with Crippen molar-refractivity contribution >= 4 is 20.8 Å². The summed E-state index contributed by atoms with van der Waals surface area (Å²) in [6.45, 7) is 0.561. The van der Waals surface area contributed by atoms with Crippen molar-refractivity contribution in [1.82, 2.24) is 4.72 Å². The summed E-state index contributed by atoms with van der Waals surface area (Å²) in [5, 5.41) is 1.73. The van der Waals surface area contributed by atoms with Gasteiger partial charge in [-0.05, 0) is 30.2 Å². The molecule has 0 bridgehead atoms. The van der Waals surface area contributed by atoms with Crippen molar-refractivity contribution in [3.05, 3.63) is 42.5 Å². The number of hydrogen-bond acceptors (Lipinski definition) is 2. The zero-order chi connectivity index (χ0) is 12.6. The summed E-state index contributed by atoms with van der Waals surface area (Å²) in [5.74, 6) is 0.537. The molecule has 4 heteroatoms. The fourth-order valence-electron chi connectivity index (χ4n) is 2.06. The molecule has 18 heavy (non-hydrogen) atoms. The molecule has 1 saturated carbocycles. The summed E-state index contributed by atoms with van der Waals surface area (Å²) < 4.78 is 27.2. The third-order valence-electron chi connectivity index (χ3n) is 3.30. The number of nitrogens with one attached hydrogen (secondary N) is 1. The molecule has 0 spiro atoms. The van der Waals surface area contributed by atoms with Crippen LogP contribution < -0.4 is 4.72 Å². The summed E-state index contributed by atoms with van der Waals surface area (Å²) in [4.78, 5) is 0.376. The molecule has 0 aromatic heterocycles. The molecule has 0 saturated heterocycles. The minimum absolute atomic E-state index is 0.376. The van der Waals surface area contributed by atoms with Crippen LogP contribution in [0.4, 0.5) is 0 Å². The Morgan fingerprint density at radius 2 is 1.78 bits per heavy atom. The molecule has 94 valence electrons. The molecule has 2 aromatic rings. The highest BCUT2D eigenvalue weighted by Gasteiger charge is 2.24. The average Bonchev–Trinajstić information content (AvgIpc) is 3.20. The van der Waals surface area contributed by atoms with Gasteiger partial charge in [0.05, 0.1) is 4.90 Å². The van der Waals surface area contributed by atoms with Gasteiger partial charge in [-0.1, -0.05) is 36.4 Å². The van der Waals surface area contributed by atoms with E-state index in [9.17, 15) is 8.42 Å². The molecule has 2 aromatic carbocycles. The van der Waals surface area contributed by atoms with E-state index in [0.717, 1.165) is 23.6 Å². The number of benzene rings is 2. The quantitative estimate of drug-likeness (QED) is 0.919. The van der Waals surface area contributed by atoms with Crippen LogP contribution in [-0.4, -0.2) is 15.0 Å². The third kappa shape index (κ3) is 2.26. The maximum Gasteiger partial charge on any atom is 0.241 e. The van der Waals surface area contributed by atoms with Gasteiger partial charge in [-0.25, -0.2) is 13.1 Å². The second kappa shape index (κ2) is 4.37. The standard InChI is InChI=1S/C14H15NO2S/c16-18(17,15-10-11-8-9-11)14-7-3-5-12-4-1-2-6-13(12)14/h1-7,11,15H,8-10H2. The molecule has 0 aliphatic heterocycles. The fraction of sp³-hybridized carbons (Fsp3) is 0.286. The summed E-state index contributed by atoms with van der Waals surface area (Å²) in [6, 6.07) is 12.9. The maximum absolute atomic E-state index is 12.3. The summed E-state index contributed by atoms with van der Waals surface area (Å²) in [6.07, 6.45) is 2.27. The molecule has 0 unspecified atom stereocenters. The minimum Gasteiger partial charge on any atom is -0.211 e. The topological polar surface area (TPSA) is 46.2 Å². The summed E-state index contributed by atoms with van der Waals surface area (Å²) >= 11 is 0. The molecular weight excluding hydrogens is 246 g/mol. The van der Waals surface area contributed by atoms with Crippen molar-refractivity contribution in [2.75, 3.05) is 6.54 Å². The van der Waals surface area contributed by atoms with E-state index in [-0.39, 0.29) is 0 Å². The molecule has 1 aliphatic carbocycles. The molecule has 1 N–H and O–H groups in total. The highest BCUT2D eigenvalue weighted by molar-refractivity contribution is 7.89. The Hall–Kier alpha value is -1.39. The largest absolute Gasteiger partial charge is 0.241 e. The van der Waals surface area contributed by atoms with Crippen LogP contribution in [0.25, 0.3) is 10.8 Å². The van der Waals surface area contributed by atoms with Gasteiger partial charge in [0, 0.05) is 11.9 Å². The maximum atomic E-state index is 12.3. The van der Waals surface area contributed by atoms with Gasteiger partial charge in [-0.2, -0.15) is 0 Å². The van der Waals surface area contributed by atoms with E-state index in [2.05, 4.69) is 4.72 Å². The van der Waals surface area contributed by atoms with Gasteiger partial charge in [-0.15, -0.1) is 0 Å². The van der Waals surface area contributed by atoms with Gasteiger partial charge >= 0.3 is 0 Å². The van der Waals surface area contributed by atoms with Crippen LogP contribution in [0.3, 0.4) is 0 Å². The molecule has 1 aliphatic rings. The Kier molecular flexibility index (Phi) is 2.84. The first kappa shape index (κ1) is 11.7. The van der Waals surface area contributed by atoms with Crippen molar-refractivity contribution in [3.63, 3.8) is 0 Å². The van der Waals surface area contributed by atoms with E-state index in [0.29, 0.717) is 17.4 Å². The predicted octanol–water partition coefficient (Wildman–Crippen LogP) is 2.53. The molecule has 1 fully saturated rings. The predicted molar refractivity (Wildman–Crippen MR) is 71.9 cm³/mol. The van der Waals surface area contributed by atoms with Gasteiger partial charge in [0.25, 0.3) is 0 Å². The van der Waals surface area contributed by atoms with Crippen LogP contribution >= 0.6 is 0 Å². The van der Waals surface area contributed by atoms with E-state index in [1.165, 1.54) is 0 Å². The summed E-state index contributed by atoms with van der Waals surface area (Å²) in [7, 11) is -3.39. The number of fused-ring (bicyclic) bond motifs is 1. The van der Waals surface area contributed by atoms with Gasteiger partial charge in [0.15, 0.2) is 0 Å². The van der Waals surface area contributed by atoms with Gasteiger partial charge < -0.3 is 0 Å². The van der Waals surface area contributed by atoms with Crippen LogP contribution in [-0.2, 0) is 10.0 Å². The number of rotatable bonds is 4. The smallest absolute Gasteiger partial charge is 0.211 e. The summed E-state index contributed by atoms with van der Waals surface area (Å²) in [5.41, 5.74) is 0. The van der Waals surface area contributed by atoms with Crippen molar-refractivity contribution in [2.45, 2.75) is 17.7 Å². The van der Waals surface area contributed by atoms with E-state index in [4.69, 9.17) is 0 Å². The zero-order valence-electron chi connectivity index (χ0n) is 9.96. The number of sulfonamides is 1. The molecule has 0 radical (unpaired) electrons. The highest BCUT2D eigenvalue weighted by Crippen LogP contribution is 2.29. The van der Waals surface area contributed by atoms with Crippen LogP contribution in [0.1, 0.15) is 12.8 Å². The Morgan fingerprint density at radius 3 is 2.56 bits per heavy atom. The Morgan fingerprint density at radius 1 is 1.06 bits per heavy atom. The van der Waals surface area contributed by atoms with Crippen molar-refractivity contribution in [2.24, 2.45) is 5.92 Å². The highest BCUT2D eigenvalue weighted by atomic mass is 32.2. The SMILES string of the molecule is O=S(=O)(NCC1CC1)c1cccc2ccccc12. The average molecular weight is 261 g/mol. The zero-order valence-corrected chi connectivity index (χ0v) is 10.8. The number of hydrogen-bond donors (Lipinski definition) is 1. The lowest BCUT2D eigenvalue weighted by molar-refractivity contribution is 0.578. The van der Waals surface area contributed by atoms with E-state index < -0.39 is 10.0 Å². The fourth-order valence-corrected chi connectivity index (χ4v) is 3.40. The van der Waals surface area contributed by atoms with Crippen LogP contribution in [0, 0.1) is 5.92 Å². The first-order valence-corrected chi connectivity index (χ1v) is 7.62. The Labute approximate surface area is 107 Å². The Balaban J connectivity index is 2.01. The minimum atomic E-state index is -3.39. The van der Waals surface area contributed by atoms with Gasteiger partial charge in [0.2, 0.25) is 10.0 Å². The molecule has 0 amide bonds. The third-order valence-corrected chi connectivity index (χ3v) is 4.78. The van der Waals surface area contributed by atoms with Gasteiger partial charge in [0.1, 0.15) is 0 Å². The molecular formula is C14H15NO2S. The first-order valence-electron chi connectivity index (χ1n) is 6.14. The van der Waals surface area contributed by atoms with E-state index >= 15 is 0 Å². The monoisotopic (exact) mass is 261 g/mol. The lowest BCUT2D eigenvalue weighted by Crippen LogP contribution is -2.26. The lowest BCUT2D eigenvalue weighted by Gasteiger charge is -2.09. The Bertz CT molecular complexity index is 670.